The summed E-state index contributed by atoms with van der Waals surface area (Å²) in [4.78, 5) is 11.4. The fourth-order valence-corrected chi connectivity index (χ4v) is 1.53. The van der Waals surface area contributed by atoms with E-state index in [1.807, 2.05) is 5.32 Å². The van der Waals surface area contributed by atoms with Crippen molar-refractivity contribution in [1.82, 2.24) is 5.32 Å². The summed E-state index contributed by atoms with van der Waals surface area (Å²) in [7, 11) is -4.58. The van der Waals surface area contributed by atoms with Crippen LogP contribution in [0.5, 0.6) is 0 Å². The van der Waals surface area contributed by atoms with Crippen LogP contribution in [0, 0.1) is 0 Å². The lowest BCUT2D eigenvalue weighted by atomic mass is 10.2. The van der Waals surface area contributed by atoms with E-state index in [-0.39, 0.29) is 0 Å². The van der Waals surface area contributed by atoms with E-state index < -0.39 is 39.0 Å². The van der Waals surface area contributed by atoms with Crippen LogP contribution in [0.3, 0.4) is 0 Å². The van der Waals surface area contributed by atoms with Gasteiger partial charge in [-0.1, -0.05) is 0 Å². The van der Waals surface area contributed by atoms with Gasteiger partial charge in [-0.05, 0) is 20.8 Å². The fourth-order valence-electron chi connectivity index (χ4n) is 0.795. The van der Waals surface area contributed by atoms with Gasteiger partial charge in [0.15, 0.2) is 9.84 Å². The Morgan fingerprint density at radius 1 is 1.50 bits per heavy atom. The first kappa shape index (κ1) is 6.66. The number of nitrogens with one attached hydrogen (secondary N) is 1. The Hall–Kier alpha value is -0.780. The van der Waals surface area contributed by atoms with Crippen LogP contribution in [0.25, 0.3) is 0 Å². The minimum atomic E-state index is -4.58. The van der Waals surface area contributed by atoms with Crippen LogP contribution in [-0.2, 0) is 14.6 Å². The molecule has 1 aliphatic rings. The number of hydrogen-bond donors (Lipinski definition) is 1. The molecule has 0 unspecified atom stereocenters. The van der Waals surface area contributed by atoms with Gasteiger partial charge in [0.1, 0.15) is 5.60 Å². The molecule has 0 atom stereocenters. The Morgan fingerprint density at radius 3 is 2.43 bits per heavy atom. The van der Waals surface area contributed by atoms with Crippen LogP contribution in [0.15, 0.2) is 0 Å². The molecule has 5 nitrogen and oxygen atoms in total. The molecule has 82 valence electrons. The number of carbonyl (C=O) groups excluding carboxylic acids is 1. The van der Waals surface area contributed by atoms with E-state index in [0.717, 1.165) is 0 Å². The number of amides is 1. The predicted molar refractivity (Wildman–Crippen MR) is 51.8 cm³/mol. The highest BCUT2D eigenvalue weighted by molar-refractivity contribution is 7.92. The fraction of sp³-hybridized carbons (Fsp3) is 0.875. The zero-order valence-electron chi connectivity index (χ0n) is 12.1. The normalized spacial score (nSPS) is 32.5. The number of hydrogen-bond acceptors (Lipinski definition) is 4. The van der Waals surface area contributed by atoms with Gasteiger partial charge in [-0.25, -0.2) is 13.2 Å². The molecule has 0 bridgehead atoms. The summed E-state index contributed by atoms with van der Waals surface area (Å²) in [5.41, 5.74) is -6.52. The number of alkyl carbamates (subject to hydrolysis) is 1. The van der Waals surface area contributed by atoms with Crippen molar-refractivity contribution in [3.63, 3.8) is 0 Å². The molecule has 0 aromatic rings. The maximum Gasteiger partial charge on any atom is 0.407 e. The summed E-state index contributed by atoms with van der Waals surface area (Å²) in [5.74, 6) is 0. The van der Waals surface area contributed by atoms with Crippen molar-refractivity contribution in [3.05, 3.63) is 0 Å². The summed E-state index contributed by atoms with van der Waals surface area (Å²) in [6, 6.07) is -1.79. The third kappa shape index (κ3) is 3.53. The molecule has 1 saturated heterocycles. The third-order valence-electron chi connectivity index (χ3n) is 1.21. The van der Waals surface area contributed by atoms with E-state index in [1.165, 1.54) is 0 Å². The van der Waals surface area contributed by atoms with E-state index in [9.17, 15) is 13.2 Å². The molecule has 0 radical (unpaired) electrons. The van der Waals surface area contributed by atoms with Crippen LogP contribution in [-0.4, -0.2) is 37.6 Å². The van der Waals surface area contributed by atoms with Crippen molar-refractivity contribution < 1.29 is 23.4 Å². The summed E-state index contributed by atoms with van der Waals surface area (Å²) >= 11 is 0. The predicted octanol–water partition coefficient (Wildman–Crippen LogP) is 0.308. The van der Waals surface area contributed by atoms with Crippen LogP contribution in [0.4, 0.5) is 4.79 Å². The molecular formula is C8H15NO4S. The van der Waals surface area contributed by atoms with Gasteiger partial charge in [0.25, 0.3) is 0 Å². The molecule has 1 fully saturated rings. The average molecular weight is 225 g/mol. The third-order valence-corrected chi connectivity index (χ3v) is 2.30. The number of rotatable bonds is 1. The van der Waals surface area contributed by atoms with Gasteiger partial charge in [-0.15, -0.1) is 0 Å². The molecule has 14 heavy (non-hydrogen) atoms. The van der Waals surface area contributed by atoms with Gasteiger partial charge in [0.05, 0.1) is 17.5 Å². The van der Waals surface area contributed by atoms with Crippen molar-refractivity contribution in [2.45, 2.75) is 32.4 Å². The molecule has 1 amide bonds. The zero-order valence-corrected chi connectivity index (χ0v) is 8.94. The van der Waals surface area contributed by atoms with Crippen LogP contribution in [0.1, 0.15) is 26.3 Å². The largest absolute Gasteiger partial charge is 0.444 e. The van der Waals surface area contributed by atoms with E-state index in [4.69, 9.17) is 10.2 Å². The lowest BCUT2D eigenvalue weighted by molar-refractivity contribution is 0.0511. The Balaban J connectivity index is 2.85. The van der Waals surface area contributed by atoms with E-state index >= 15 is 0 Å². The average Bonchev–Trinajstić information content (AvgIpc) is 2.09. The van der Waals surface area contributed by atoms with Crippen LogP contribution in [0.2, 0.25) is 0 Å². The van der Waals surface area contributed by atoms with E-state index in [2.05, 4.69) is 0 Å². The molecule has 0 spiro atoms. The Morgan fingerprint density at radius 2 is 2.00 bits per heavy atom. The molecule has 0 aromatic heterocycles. The first-order valence-corrected chi connectivity index (χ1v) is 5.45. The number of sulfone groups is 1. The van der Waals surface area contributed by atoms with E-state index in [0.29, 0.717) is 0 Å². The van der Waals surface area contributed by atoms with Crippen LogP contribution >= 0.6 is 0 Å². The van der Waals surface area contributed by atoms with Crippen LogP contribution < -0.4 is 5.32 Å². The van der Waals surface area contributed by atoms with Crippen molar-refractivity contribution in [2.24, 2.45) is 0 Å². The highest BCUT2D eigenvalue weighted by Gasteiger charge is 2.35. The molecule has 1 heterocycles. The molecule has 1 rings (SSSR count). The Kier molecular flexibility index (Phi) is 1.62. The van der Waals surface area contributed by atoms with Crippen molar-refractivity contribution in [1.29, 1.82) is 0 Å². The smallest absolute Gasteiger partial charge is 0.407 e. The van der Waals surface area contributed by atoms with Gasteiger partial charge in [0, 0.05) is 5.48 Å². The van der Waals surface area contributed by atoms with Gasteiger partial charge < -0.3 is 10.1 Å². The second kappa shape index (κ2) is 3.42. The second-order valence-corrected chi connectivity index (χ2v) is 5.30. The summed E-state index contributed by atoms with van der Waals surface area (Å²) in [5, 5.41) is 1.92. The number of carbonyl (C=O) groups is 1. The molecule has 1 N–H and O–H groups in total. The van der Waals surface area contributed by atoms with Gasteiger partial charge in [0.2, 0.25) is 0 Å². The Bertz CT molecular complexity index is 446. The molecule has 0 aliphatic carbocycles. The van der Waals surface area contributed by atoms with Crippen molar-refractivity contribution in [3.8, 4) is 0 Å². The lowest BCUT2D eigenvalue weighted by Gasteiger charge is -2.28. The zero-order chi connectivity index (χ0) is 14.6. The second-order valence-electron chi connectivity index (χ2n) is 3.82. The van der Waals surface area contributed by atoms with Crippen molar-refractivity contribution >= 4 is 15.9 Å². The monoisotopic (exact) mass is 225 g/mol. The molecule has 0 aromatic carbocycles. The minimum Gasteiger partial charge on any atom is -0.444 e. The molecule has 6 heteroatoms. The highest BCUT2D eigenvalue weighted by atomic mass is 32.2. The number of ether oxygens (including phenoxy) is 1. The standard InChI is InChI=1S/C8H15NO4S/c1-8(2,3)13-7(10)9-6-4-14(11,12)5-6/h6H,4-5H2,1-3H3,(H,9,10)/i4D2,5D2. The molecule has 1 aliphatic heterocycles. The summed E-state index contributed by atoms with van der Waals surface area (Å²) in [6.07, 6.45) is -1.06. The quantitative estimate of drug-likeness (QED) is 0.697. The Labute approximate surface area is 89.4 Å². The van der Waals surface area contributed by atoms with Gasteiger partial charge >= 0.3 is 6.09 Å². The lowest BCUT2D eigenvalue weighted by Crippen LogP contribution is -2.53. The first-order chi connectivity index (χ1) is 7.73. The maximum atomic E-state index is 11.4. The molecular weight excluding hydrogens is 206 g/mol. The van der Waals surface area contributed by atoms with Gasteiger partial charge in [-0.2, -0.15) is 0 Å². The first-order valence-electron chi connectivity index (χ1n) is 5.97. The summed E-state index contributed by atoms with van der Waals surface area (Å²) < 4.78 is 56.6. The highest BCUT2D eigenvalue weighted by Crippen LogP contribution is 2.12. The molecule has 0 saturated carbocycles. The van der Waals surface area contributed by atoms with Crippen molar-refractivity contribution in [2.75, 3.05) is 11.4 Å². The maximum absolute atomic E-state index is 11.4. The topological polar surface area (TPSA) is 72.5 Å². The van der Waals surface area contributed by atoms with Gasteiger partial charge in [-0.3, -0.25) is 0 Å². The summed E-state index contributed by atoms with van der Waals surface area (Å²) in [6.45, 7) is 4.73. The SMILES string of the molecule is [2H]C1([2H])C(NC(=O)OC(C)(C)C)C([2H])([2H])S1(=O)=O. The van der Waals surface area contributed by atoms with E-state index in [1.54, 1.807) is 20.8 Å². The minimum absolute atomic E-state index is 0.841.